The van der Waals surface area contributed by atoms with E-state index in [2.05, 4.69) is 17.1 Å². The lowest BCUT2D eigenvalue weighted by molar-refractivity contribution is 0.0514. The maximum absolute atomic E-state index is 11.6. The number of hydrogen-bond acceptors (Lipinski definition) is 7. The van der Waals surface area contributed by atoms with Gasteiger partial charge in [-0.3, -0.25) is 4.98 Å². The van der Waals surface area contributed by atoms with Gasteiger partial charge in [0.05, 0.1) is 25.0 Å². The van der Waals surface area contributed by atoms with Crippen LogP contribution in [0.4, 0.5) is 5.69 Å². The van der Waals surface area contributed by atoms with E-state index in [0.29, 0.717) is 18.9 Å². The van der Waals surface area contributed by atoms with Gasteiger partial charge in [-0.25, -0.2) is 4.79 Å². The van der Waals surface area contributed by atoms with Gasteiger partial charge in [-0.05, 0) is 31.0 Å². The van der Waals surface area contributed by atoms with Crippen molar-refractivity contribution in [2.24, 2.45) is 0 Å². The summed E-state index contributed by atoms with van der Waals surface area (Å²) in [5, 5.41) is 3.74. The summed E-state index contributed by atoms with van der Waals surface area (Å²) in [5.41, 5.74) is 1.16. The second-order valence-electron chi connectivity index (χ2n) is 4.06. The molecule has 0 N–H and O–H groups in total. The second kappa shape index (κ2) is 7.68. The number of esters is 1. The molecule has 2 heterocycles. The topological polar surface area (TPSA) is 68.5 Å². The maximum atomic E-state index is 11.6. The molecule has 0 amide bonds. The number of aromatic nitrogens is 2. The zero-order valence-electron chi connectivity index (χ0n) is 12.0. The van der Waals surface area contributed by atoms with Crippen LogP contribution < -0.4 is 4.31 Å². The molecule has 0 unspecified atom stereocenters. The molecule has 0 aliphatic heterocycles. The zero-order valence-corrected chi connectivity index (χ0v) is 12.8. The van der Waals surface area contributed by atoms with Gasteiger partial charge in [-0.2, -0.15) is 0 Å². The quantitative estimate of drug-likeness (QED) is 0.575. The van der Waals surface area contributed by atoms with Gasteiger partial charge in [0, 0.05) is 18.0 Å². The zero-order chi connectivity index (χ0) is 15.1. The summed E-state index contributed by atoms with van der Waals surface area (Å²) in [5.74, 6) is 1.04. The third-order valence-electron chi connectivity index (χ3n) is 2.56. The summed E-state index contributed by atoms with van der Waals surface area (Å²) in [4.78, 5) is 15.7. The van der Waals surface area contributed by atoms with Gasteiger partial charge in [0.1, 0.15) is 0 Å². The number of rotatable bonds is 7. The summed E-state index contributed by atoms with van der Waals surface area (Å²) in [7, 11) is 0. The summed E-state index contributed by atoms with van der Waals surface area (Å²) in [6, 6.07) is 5.46. The van der Waals surface area contributed by atoms with Crippen LogP contribution in [-0.2, 0) is 11.3 Å². The first-order valence-electron chi connectivity index (χ1n) is 6.67. The minimum atomic E-state index is -0.469. The third-order valence-corrected chi connectivity index (χ3v) is 3.47. The predicted molar refractivity (Wildman–Crippen MR) is 81.0 cm³/mol. The van der Waals surface area contributed by atoms with Gasteiger partial charge in [-0.15, -0.1) is 0 Å². The van der Waals surface area contributed by atoms with Crippen LogP contribution in [0.15, 0.2) is 35.1 Å². The third kappa shape index (κ3) is 4.22. The normalized spacial score (nSPS) is 10.4. The lowest BCUT2D eigenvalue weighted by atomic mass is 10.3. The molecule has 7 heteroatoms. The van der Waals surface area contributed by atoms with Gasteiger partial charge in [-0.1, -0.05) is 12.1 Å². The van der Waals surface area contributed by atoms with Crippen LogP contribution >= 0.6 is 11.9 Å². The molecule has 0 atom stereocenters. The highest BCUT2D eigenvalue weighted by Crippen LogP contribution is 2.24. The lowest BCUT2D eigenvalue weighted by Gasteiger charge is -2.20. The molecular formula is C14H17N3O3S. The molecule has 0 bridgehead atoms. The van der Waals surface area contributed by atoms with Crippen molar-refractivity contribution in [3.05, 3.63) is 42.0 Å². The van der Waals surface area contributed by atoms with Gasteiger partial charge < -0.3 is 13.6 Å². The Kier molecular flexibility index (Phi) is 5.62. The maximum Gasteiger partial charge on any atom is 0.360 e. The molecule has 0 aliphatic carbocycles. The van der Waals surface area contributed by atoms with E-state index in [1.807, 2.05) is 16.4 Å². The largest absolute Gasteiger partial charge is 0.461 e. The molecule has 0 aliphatic rings. The minimum absolute atomic E-state index is 0.194. The number of nitrogens with zero attached hydrogens (tertiary/aromatic N) is 3. The van der Waals surface area contributed by atoms with Crippen molar-refractivity contribution < 1.29 is 14.1 Å². The molecule has 2 rings (SSSR count). The monoisotopic (exact) mass is 307 g/mol. The van der Waals surface area contributed by atoms with Crippen molar-refractivity contribution in [3.63, 3.8) is 0 Å². The Labute approximate surface area is 127 Å². The average Bonchev–Trinajstić information content (AvgIpc) is 2.97. The first kappa shape index (κ1) is 15.4. The minimum Gasteiger partial charge on any atom is -0.461 e. The molecule has 0 aromatic carbocycles. The Hall–Kier alpha value is -2.02. The Bertz CT molecular complexity index is 574. The molecule has 0 saturated carbocycles. The van der Waals surface area contributed by atoms with E-state index in [-0.39, 0.29) is 5.69 Å². The molecular weight excluding hydrogens is 290 g/mol. The smallest absolute Gasteiger partial charge is 0.360 e. The fourth-order valence-electron chi connectivity index (χ4n) is 1.70. The van der Waals surface area contributed by atoms with E-state index >= 15 is 0 Å². The van der Waals surface area contributed by atoms with Crippen LogP contribution in [0.2, 0.25) is 0 Å². The first-order valence-corrected chi connectivity index (χ1v) is 7.62. The Balaban J connectivity index is 2.09. The van der Waals surface area contributed by atoms with E-state index in [1.165, 1.54) is 0 Å². The highest BCUT2D eigenvalue weighted by Gasteiger charge is 2.16. The van der Waals surface area contributed by atoms with Crippen LogP contribution in [0.5, 0.6) is 0 Å². The van der Waals surface area contributed by atoms with Crippen LogP contribution in [0, 0.1) is 0 Å². The van der Waals surface area contributed by atoms with Crippen LogP contribution in [0.25, 0.3) is 0 Å². The van der Waals surface area contributed by atoms with Crippen LogP contribution in [0.3, 0.4) is 0 Å². The van der Waals surface area contributed by atoms with Gasteiger partial charge >= 0.3 is 5.97 Å². The van der Waals surface area contributed by atoms with Crippen molar-refractivity contribution >= 4 is 23.6 Å². The van der Waals surface area contributed by atoms with Crippen molar-refractivity contribution in [1.29, 1.82) is 0 Å². The number of pyridine rings is 1. The van der Waals surface area contributed by atoms with Gasteiger partial charge in [0.25, 0.3) is 0 Å². The number of ether oxygens (including phenoxy) is 1. The molecule has 0 saturated heterocycles. The standard InChI is InChI=1S/C14H17N3O3S/c1-3-19-14(18)13-8-12(20-16-13)10-17(21-4-2)11-6-5-7-15-9-11/h5-9H,3-4,10H2,1-2H3. The molecule has 0 fully saturated rings. The van der Waals surface area contributed by atoms with E-state index in [0.717, 1.165) is 11.4 Å². The van der Waals surface area contributed by atoms with Crippen molar-refractivity contribution in [1.82, 2.24) is 10.1 Å². The molecule has 0 spiro atoms. The summed E-state index contributed by atoms with van der Waals surface area (Å²) in [6.45, 7) is 4.63. The van der Waals surface area contributed by atoms with E-state index in [4.69, 9.17) is 9.26 Å². The highest BCUT2D eigenvalue weighted by atomic mass is 32.2. The Morgan fingerprint density at radius 3 is 3.00 bits per heavy atom. The molecule has 21 heavy (non-hydrogen) atoms. The van der Waals surface area contributed by atoms with Gasteiger partial charge in [0.15, 0.2) is 11.5 Å². The average molecular weight is 307 g/mol. The molecule has 6 nitrogen and oxygen atoms in total. The van der Waals surface area contributed by atoms with E-state index < -0.39 is 5.97 Å². The van der Waals surface area contributed by atoms with E-state index in [9.17, 15) is 4.79 Å². The number of hydrogen-bond donors (Lipinski definition) is 0. The first-order chi connectivity index (χ1) is 10.2. The highest BCUT2D eigenvalue weighted by molar-refractivity contribution is 8.00. The second-order valence-corrected chi connectivity index (χ2v) is 5.34. The summed E-state index contributed by atoms with van der Waals surface area (Å²) in [6.07, 6.45) is 3.51. The number of carbonyl (C=O) groups excluding carboxylic acids is 1. The molecule has 2 aromatic heterocycles. The molecule has 2 aromatic rings. The van der Waals surface area contributed by atoms with E-state index in [1.54, 1.807) is 37.3 Å². The van der Waals surface area contributed by atoms with Crippen molar-refractivity contribution in [3.8, 4) is 0 Å². The Morgan fingerprint density at radius 1 is 1.48 bits per heavy atom. The predicted octanol–water partition coefficient (Wildman–Crippen LogP) is 2.92. The van der Waals surface area contributed by atoms with Gasteiger partial charge in [0.2, 0.25) is 0 Å². The Morgan fingerprint density at radius 2 is 2.33 bits per heavy atom. The number of carbonyl (C=O) groups is 1. The summed E-state index contributed by atoms with van der Waals surface area (Å²) >= 11 is 1.64. The number of anilines is 1. The van der Waals surface area contributed by atoms with Crippen LogP contribution in [0.1, 0.15) is 30.1 Å². The van der Waals surface area contributed by atoms with Crippen molar-refractivity contribution in [2.45, 2.75) is 20.4 Å². The summed E-state index contributed by atoms with van der Waals surface area (Å²) < 4.78 is 12.1. The fraction of sp³-hybridized carbons (Fsp3) is 0.357. The lowest BCUT2D eigenvalue weighted by Crippen LogP contribution is -2.14. The SMILES string of the molecule is CCOC(=O)c1cc(CN(SCC)c2cccnc2)on1. The van der Waals surface area contributed by atoms with Crippen LogP contribution in [-0.4, -0.2) is 28.5 Å². The molecule has 0 radical (unpaired) electrons. The van der Waals surface area contributed by atoms with Crippen molar-refractivity contribution in [2.75, 3.05) is 16.7 Å². The fourth-order valence-corrected chi connectivity index (χ4v) is 2.49. The molecule has 112 valence electrons.